The minimum absolute atomic E-state index is 0.0933. The molecule has 7 heteroatoms. The molecule has 0 atom stereocenters. The molecule has 21 heavy (non-hydrogen) atoms. The van der Waals surface area contributed by atoms with E-state index in [4.69, 9.17) is 22.2 Å². The minimum atomic E-state index is -0.572. The van der Waals surface area contributed by atoms with E-state index in [0.29, 0.717) is 0 Å². The fourth-order valence-electron chi connectivity index (χ4n) is 1.64. The van der Waals surface area contributed by atoms with Crippen molar-refractivity contribution in [3.8, 4) is 5.75 Å². The van der Waals surface area contributed by atoms with Gasteiger partial charge in [0.15, 0.2) is 0 Å². The Kier molecular flexibility index (Phi) is 4.72. The van der Waals surface area contributed by atoms with Crippen LogP contribution in [-0.4, -0.2) is 5.91 Å². The fraction of sp³-hybridized carbons (Fsp3) is 0.0714. The third kappa shape index (κ3) is 3.68. The molecule has 0 saturated carbocycles. The van der Waals surface area contributed by atoms with Crippen LogP contribution in [0.1, 0.15) is 15.9 Å². The molecule has 0 fully saturated rings. The van der Waals surface area contributed by atoms with Gasteiger partial charge in [0.25, 0.3) is 5.91 Å². The molecule has 4 nitrogen and oxygen atoms in total. The molecule has 0 spiro atoms. The Morgan fingerprint density at radius 3 is 2.57 bits per heavy atom. The second-order valence-corrected chi connectivity index (χ2v) is 4.55. The van der Waals surface area contributed by atoms with Gasteiger partial charge in [-0.25, -0.2) is 14.6 Å². The number of hydrogen-bond donors (Lipinski definition) is 2. The summed E-state index contributed by atoms with van der Waals surface area (Å²) in [5, 5.41) is -0.0933. The van der Waals surface area contributed by atoms with E-state index >= 15 is 0 Å². The Bertz CT molecular complexity index is 680. The zero-order valence-electron chi connectivity index (χ0n) is 10.7. The zero-order chi connectivity index (χ0) is 15.4. The summed E-state index contributed by atoms with van der Waals surface area (Å²) in [4.78, 5) is 11.4. The molecule has 0 saturated heterocycles. The van der Waals surface area contributed by atoms with E-state index in [1.54, 1.807) is 0 Å². The van der Waals surface area contributed by atoms with Crippen molar-refractivity contribution in [1.29, 1.82) is 0 Å². The van der Waals surface area contributed by atoms with Crippen LogP contribution >= 0.6 is 11.6 Å². The van der Waals surface area contributed by atoms with E-state index < -0.39 is 17.5 Å². The van der Waals surface area contributed by atoms with Crippen LogP contribution in [0.3, 0.4) is 0 Å². The van der Waals surface area contributed by atoms with Crippen LogP contribution in [0.4, 0.5) is 8.78 Å². The average molecular weight is 313 g/mol. The molecule has 2 rings (SSSR count). The minimum Gasteiger partial charge on any atom is -0.489 e. The van der Waals surface area contributed by atoms with E-state index in [-0.39, 0.29) is 28.5 Å². The van der Waals surface area contributed by atoms with Gasteiger partial charge in [-0.15, -0.1) is 0 Å². The summed E-state index contributed by atoms with van der Waals surface area (Å²) < 4.78 is 32.0. The van der Waals surface area contributed by atoms with E-state index in [2.05, 4.69) is 0 Å². The predicted molar refractivity (Wildman–Crippen MR) is 73.8 cm³/mol. The smallest absolute Gasteiger partial charge is 0.265 e. The van der Waals surface area contributed by atoms with Gasteiger partial charge in [-0.05, 0) is 30.3 Å². The monoisotopic (exact) mass is 312 g/mol. The van der Waals surface area contributed by atoms with E-state index in [1.165, 1.54) is 24.3 Å². The molecule has 0 radical (unpaired) electrons. The summed E-state index contributed by atoms with van der Waals surface area (Å²) >= 11 is 5.62. The van der Waals surface area contributed by atoms with Crippen LogP contribution in [0.5, 0.6) is 5.75 Å². The van der Waals surface area contributed by atoms with Crippen molar-refractivity contribution in [2.24, 2.45) is 5.84 Å². The Morgan fingerprint density at radius 2 is 1.90 bits per heavy atom. The Morgan fingerprint density at radius 1 is 1.19 bits per heavy atom. The van der Waals surface area contributed by atoms with Gasteiger partial charge in [-0.3, -0.25) is 10.2 Å². The van der Waals surface area contributed by atoms with Crippen molar-refractivity contribution >= 4 is 17.5 Å². The topological polar surface area (TPSA) is 64.3 Å². The lowest BCUT2D eigenvalue weighted by Gasteiger charge is -2.09. The third-order valence-electron chi connectivity index (χ3n) is 2.72. The number of ether oxygens (including phenoxy) is 1. The number of nitrogen functional groups attached to an aromatic ring is 1. The summed E-state index contributed by atoms with van der Waals surface area (Å²) in [5.74, 6) is 3.66. The van der Waals surface area contributed by atoms with Crippen molar-refractivity contribution in [1.82, 2.24) is 5.43 Å². The van der Waals surface area contributed by atoms with Gasteiger partial charge in [0.05, 0.1) is 5.02 Å². The number of carbonyl (C=O) groups excluding carboxylic acids is 1. The average Bonchev–Trinajstić information content (AvgIpc) is 2.49. The molecule has 0 bridgehead atoms. The number of carbonyl (C=O) groups is 1. The number of amides is 1. The summed E-state index contributed by atoms with van der Waals surface area (Å²) in [6.45, 7) is -0.139. The molecule has 0 aliphatic rings. The number of rotatable bonds is 4. The van der Waals surface area contributed by atoms with E-state index in [1.807, 2.05) is 5.43 Å². The molecule has 2 aromatic carbocycles. The summed E-state index contributed by atoms with van der Waals surface area (Å²) in [5.41, 5.74) is 2.32. The van der Waals surface area contributed by atoms with Crippen molar-refractivity contribution < 1.29 is 18.3 Å². The number of hydrazine groups is 1. The standard InChI is InChI=1S/C14H11ClF2N2O2/c15-11-6-10(2-4-13(11)17)21-7-9-5-8(14(20)19-18)1-3-12(9)16/h1-6H,7,18H2,(H,19,20). The van der Waals surface area contributed by atoms with Gasteiger partial charge < -0.3 is 4.74 Å². The van der Waals surface area contributed by atoms with Gasteiger partial charge in [-0.1, -0.05) is 11.6 Å². The molecule has 0 heterocycles. The summed E-state index contributed by atoms with van der Waals surface area (Å²) in [7, 11) is 0. The second kappa shape index (κ2) is 6.51. The van der Waals surface area contributed by atoms with Crippen LogP contribution in [0.15, 0.2) is 36.4 Å². The van der Waals surface area contributed by atoms with E-state index in [9.17, 15) is 13.6 Å². The normalized spacial score (nSPS) is 10.3. The molecule has 0 aliphatic carbocycles. The molecule has 0 aliphatic heterocycles. The molecule has 1 amide bonds. The maximum absolute atomic E-state index is 13.7. The molecule has 0 unspecified atom stereocenters. The molecular weight excluding hydrogens is 302 g/mol. The summed E-state index contributed by atoms with van der Waals surface area (Å²) in [6.07, 6.45) is 0. The maximum atomic E-state index is 13.7. The largest absolute Gasteiger partial charge is 0.489 e. The first-order valence-corrected chi connectivity index (χ1v) is 6.26. The lowest BCUT2D eigenvalue weighted by molar-refractivity contribution is 0.0953. The first-order valence-electron chi connectivity index (χ1n) is 5.88. The number of nitrogens with one attached hydrogen (secondary N) is 1. The number of benzene rings is 2. The number of hydrogen-bond acceptors (Lipinski definition) is 3. The van der Waals surface area contributed by atoms with Gasteiger partial charge in [0.1, 0.15) is 24.0 Å². The van der Waals surface area contributed by atoms with Gasteiger partial charge in [-0.2, -0.15) is 0 Å². The van der Waals surface area contributed by atoms with Crippen molar-refractivity contribution in [3.05, 3.63) is 64.2 Å². The highest BCUT2D eigenvalue weighted by Gasteiger charge is 2.10. The van der Waals surface area contributed by atoms with Crippen LogP contribution in [0.25, 0.3) is 0 Å². The first kappa shape index (κ1) is 15.2. The van der Waals surface area contributed by atoms with Crippen molar-refractivity contribution in [2.75, 3.05) is 0 Å². The lowest BCUT2D eigenvalue weighted by atomic mass is 10.1. The fourth-order valence-corrected chi connectivity index (χ4v) is 1.81. The van der Waals surface area contributed by atoms with Crippen LogP contribution in [0, 0.1) is 11.6 Å². The maximum Gasteiger partial charge on any atom is 0.265 e. The zero-order valence-corrected chi connectivity index (χ0v) is 11.5. The Labute approximate surface area is 124 Å². The highest BCUT2D eigenvalue weighted by atomic mass is 35.5. The van der Waals surface area contributed by atoms with Crippen LogP contribution in [-0.2, 0) is 6.61 Å². The van der Waals surface area contributed by atoms with Gasteiger partial charge in [0, 0.05) is 17.2 Å². The highest BCUT2D eigenvalue weighted by molar-refractivity contribution is 6.30. The van der Waals surface area contributed by atoms with E-state index in [0.717, 1.165) is 12.1 Å². The van der Waals surface area contributed by atoms with Gasteiger partial charge >= 0.3 is 0 Å². The van der Waals surface area contributed by atoms with Crippen LogP contribution < -0.4 is 16.0 Å². The quantitative estimate of drug-likeness (QED) is 0.518. The Hall–Kier alpha value is -2.18. The van der Waals surface area contributed by atoms with Gasteiger partial charge in [0.2, 0.25) is 0 Å². The number of nitrogens with two attached hydrogens (primary N) is 1. The Balaban J connectivity index is 2.15. The first-order chi connectivity index (χ1) is 10.0. The molecule has 0 aromatic heterocycles. The predicted octanol–water partition coefficient (Wildman–Crippen LogP) is 2.80. The lowest BCUT2D eigenvalue weighted by Crippen LogP contribution is -2.30. The highest BCUT2D eigenvalue weighted by Crippen LogP contribution is 2.22. The third-order valence-corrected chi connectivity index (χ3v) is 3.01. The molecule has 2 aromatic rings. The summed E-state index contributed by atoms with van der Waals surface area (Å²) in [6, 6.07) is 7.56. The van der Waals surface area contributed by atoms with Crippen molar-refractivity contribution in [2.45, 2.75) is 6.61 Å². The molecule has 110 valence electrons. The molecular formula is C14H11ClF2N2O2. The second-order valence-electron chi connectivity index (χ2n) is 4.14. The SMILES string of the molecule is NNC(=O)c1ccc(F)c(COc2ccc(F)c(Cl)c2)c1. The number of halogens is 3. The van der Waals surface area contributed by atoms with Crippen molar-refractivity contribution in [3.63, 3.8) is 0 Å². The molecule has 3 N–H and O–H groups in total. The van der Waals surface area contributed by atoms with Crippen LogP contribution in [0.2, 0.25) is 5.02 Å².